The number of aromatic nitrogens is 2. The molecule has 0 aliphatic carbocycles. The molecule has 1 unspecified atom stereocenters. The Morgan fingerprint density at radius 3 is 3.06 bits per heavy atom. The van der Waals surface area contributed by atoms with Gasteiger partial charge in [-0.3, -0.25) is 0 Å². The minimum atomic E-state index is -0.245. The van der Waals surface area contributed by atoms with Crippen LogP contribution in [0, 0.1) is 11.7 Å². The van der Waals surface area contributed by atoms with Gasteiger partial charge >= 0.3 is 0 Å². The number of benzene rings is 1. The third-order valence-corrected chi connectivity index (χ3v) is 3.80. The summed E-state index contributed by atoms with van der Waals surface area (Å²) in [6.45, 7) is 3.12. The standard InChI is InChI=1S/C14H14ClFN2/c1-9-5-6-18-12(7-9)13(15)17-14(18)10-3-2-4-11(16)8-10/h2-4,8-9H,5-7H2,1H3. The van der Waals surface area contributed by atoms with Gasteiger partial charge in [0, 0.05) is 12.1 Å². The molecule has 2 aromatic rings. The zero-order valence-corrected chi connectivity index (χ0v) is 10.9. The van der Waals surface area contributed by atoms with Gasteiger partial charge in [0.15, 0.2) is 5.15 Å². The lowest BCUT2D eigenvalue weighted by Crippen LogP contribution is -2.17. The molecule has 0 radical (unpaired) electrons. The van der Waals surface area contributed by atoms with Crippen LogP contribution in [0.3, 0.4) is 0 Å². The van der Waals surface area contributed by atoms with Crippen LogP contribution in [0.25, 0.3) is 11.4 Å². The van der Waals surface area contributed by atoms with Crippen LogP contribution in [0.15, 0.2) is 24.3 Å². The predicted octanol–water partition coefficient (Wildman–Crippen LogP) is 3.92. The summed E-state index contributed by atoms with van der Waals surface area (Å²) in [7, 11) is 0. The number of hydrogen-bond donors (Lipinski definition) is 0. The maximum Gasteiger partial charge on any atom is 0.150 e. The highest BCUT2D eigenvalue weighted by Crippen LogP contribution is 2.32. The Morgan fingerprint density at radius 2 is 2.28 bits per heavy atom. The van der Waals surface area contributed by atoms with Gasteiger partial charge in [-0.15, -0.1) is 0 Å². The number of rotatable bonds is 1. The molecule has 3 rings (SSSR count). The minimum Gasteiger partial charge on any atom is -0.327 e. The molecular weight excluding hydrogens is 251 g/mol. The molecule has 0 amide bonds. The summed E-state index contributed by atoms with van der Waals surface area (Å²) in [5.41, 5.74) is 1.87. The van der Waals surface area contributed by atoms with Crippen molar-refractivity contribution in [1.82, 2.24) is 9.55 Å². The SMILES string of the molecule is CC1CCn2c(-c3cccc(F)c3)nc(Cl)c2C1. The maximum absolute atomic E-state index is 13.3. The molecule has 94 valence electrons. The van der Waals surface area contributed by atoms with Crippen LogP contribution in [-0.4, -0.2) is 9.55 Å². The van der Waals surface area contributed by atoms with Crippen molar-refractivity contribution in [1.29, 1.82) is 0 Å². The maximum atomic E-state index is 13.3. The Morgan fingerprint density at radius 1 is 1.44 bits per heavy atom. The van der Waals surface area contributed by atoms with E-state index in [1.54, 1.807) is 6.07 Å². The van der Waals surface area contributed by atoms with Crippen LogP contribution in [0.4, 0.5) is 4.39 Å². The molecule has 1 aliphatic rings. The Kier molecular flexibility index (Phi) is 2.86. The van der Waals surface area contributed by atoms with Crippen molar-refractivity contribution in [2.24, 2.45) is 5.92 Å². The number of hydrogen-bond acceptors (Lipinski definition) is 1. The van der Waals surface area contributed by atoms with Crippen molar-refractivity contribution >= 4 is 11.6 Å². The minimum absolute atomic E-state index is 0.245. The first-order chi connectivity index (χ1) is 8.65. The normalized spacial score (nSPS) is 18.7. The predicted molar refractivity (Wildman–Crippen MR) is 70.1 cm³/mol. The smallest absolute Gasteiger partial charge is 0.150 e. The monoisotopic (exact) mass is 264 g/mol. The number of fused-ring (bicyclic) bond motifs is 1. The molecule has 1 atom stereocenters. The zero-order chi connectivity index (χ0) is 12.7. The highest BCUT2D eigenvalue weighted by atomic mass is 35.5. The van der Waals surface area contributed by atoms with Gasteiger partial charge in [-0.1, -0.05) is 30.7 Å². The van der Waals surface area contributed by atoms with E-state index in [1.165, 1.54) is 12.1 Å². The van der Waals surface area contributed by atoms with E-state index in [2.05, 4.69) is 16.5 Å². The van der Waals surface area contributed by atoms with E-state index in [0.717, 1.165) is 36.5 Å². The van der Waals surface area contributed by atoms with Gasteiger partial charge < -0.3 is 4.57 Å². The van der Waals surface area contributed by atoms with Crippen molar-refractivity contribution in [3.8, 4) is 11.4 Å². The lowest BCUT2D eigenvalue weighted by Gasteiger charge is -2.22. The van der Waals surface area contributed by atoms with Crippen LogP contribution >= 0.6 is 11.6 Å². The molecule has 0 N–H and O–H groups in total. The lowest BCUT2D eigenvalue weighted by molar-refractivity contribution is 0.419. The molecule has 1 aromatic carbocycles. The average molecular weight is 265 g/mol. The molecule has 2 nitrogen and oxygen atoms in total. The van der Waals surface area contributed by atoms with Gasteiger partial charge in [-0.2, -0.15) is 0 Å². The van der Waals surface area contributed by atoms with Gasteiger partial charge in [-0.25, -0.2) is 9.37 Å². The second-order valence-electron chi connectivity index (χ2n) is 4.93. The summed E-state index contributed by atoms with van der Waals surface area (Å²) < 4.78 is 15.4. The summed E-state index contributed by atoms with van der Waals surface area (Å²) in [4.78, 5) is 4.40. The van der Waals surface area contributed by atoms with Crippen LogP contribution in [-0.2, 0) is 13.0 Å². The largest absolute Gasteiger partial charge is 0.327 e. The third-order valence-electron chi connectivity index (χ3n) is 3.49. The van der Waals surface area contributed by atoms with Crippen molar-refractivity contribution < 1.29 is 4.39 Å². The van der Waals surface area contributed by atoms with Gasteiger partial charge in [-0.05, 0) is 30.9 Å². The van der Waals surface area contributed by atoms with E-state index in [-0.39, 0.29) is 5.82 Å². The highest BCUT2D eigenvalue weighted by molar-refractivity contribution is 6.30. The Bertz CT molecular complexity index is 591. The number of imidazole rings is 1. The second-order valence-corrected chi connectivity index (χ2v) is 5.29. The van der Waals surface area contributed by atoms with Gasteiger partial charge in [0.25, 0.3) is 0 Å². The van der Waals surface area contributed by atoms with Gasteiger partial charge in [0.1, 0.15) is 11.6 Å². The molecule has 1 aromatic heterocycles. The fourth-order valence-electron chi connectivity index (χ4n) is 2.52. The summed E-state index contributed by atoms with van der Waals surface area (Å²) in [6, 6.07) is 6.51. The van der Waals surface area contributed by atoms with Gasteiger partial charge in [0.2, 0.25) is 0 Å². The molecule has 0 saturated heterocycles. The number of nitrogens with zero attached hydrogens (tertiary/aromatic N) is 2. The van der Waals surface area contributed by atoms with Crippen molar-refractivity contribution in [3.63, 3.8) is 0 Å². The topological polar surface area (TPSA) is 17.8 Å². The first-order valence-electron chi connectivity index (χ1n) is 6.16. The van der Waals surface area contributed by atoms with E-state index in [1.807, 2.05) is 6.07 Å². The van der Waals surface area contributed by atoms with E-state index in [0.29, 0.717) is 11.1 Å². The molecular formula is C14H14ClFN2. The Hall–Kier alpha value is -1.35. The molecule has 1 aliphatic heterocycles. The average Bonchev–Trinajstić information content (AvgIpc) is 2.67. The van der Waals surface area contributed by atoms with Crippen LogP contribution in [0.2, 0.25) is 5.15 Å². The molecule has 2 heterocycles. The first-order valence-corrected chi connectivity index (χ1v) is 6.54. The molecule has 0 fully saturated rings. The zero-order valence-electron chi connectivity index (χ0n) is 10.2. The van der Waals surface area contributed by atoms with Crippen molar-refractivity contribution in [2.45, 2.75) is 26.3 Å². The summed E-state index contributed by atoms with van der Waals surface area (Å²) >= 11 is 6.19. The first kappa shape index (κ1) is 11.7. The Labute approximate surface area is 110 Å². The van der Waals surface area contributed by atoms with Crippen molar-refractivity contribution in [3.05, 3.63) is 40.9 Å². The second kappa shape index (κ2) is 4.39. The summed E-state index contributed by atoms with van der Waals surface area (Å²) in [5.74, 6) is 1.17. The van der Waals surface area contributed by atoms with E-state index >= 15 is 0 Å². The molecule has 0 bridgehead atoms. The van der Waals surface area contributed by atoms with E-state index in [4.69, 9.17) is 11.6 Å². The molecule has 0 spiro atoms. The fraction of sp³-hybridized carbons (Fsp3) is 0.357. The van der Waals surface area contributed by atoms with Gasteiger partial charge in [0.05, 0.1) is 5.69 Å². The highest BCUT2D eigenvalue weighted by Gasteiger charge is 2.23. The lowest BCUT2D eigenvalue weighted by atomic mass is 9.98. The third kappa shape index (κ3) is 1.93. The fourth-order valence-corrected chi connectivity index (χ4v) is 2.78. The molecule has 4 heteroatoms. The van der Waals surface area contributed by atoms with E-state index < -0.39 is 0 Å². The van der Waals surface area contributed by atoms with E-state index in [9.17, 15) is 4.39 Å². The van der Waals surface area contributed by atoms with Crippen LogP contribution in [0.5, 0.6) is 0 Å². The molecule has 18 heavy (non-hydrogen) atoms. The number of halogens is 2. The van der Waals surface area contributed by atoms with Crippen molar-refractivity contribution in [2.75, 3.05) is 0 Å². The summed E-state index contributed by atoms with van der Waals surface area (Å²) in [6.07, 6.45) is 2.06. The summed E-state index contributed by atoms with van der Waals surface area (Å²) in [5, 5.41) is 0.556. The van der Waals surface area contributed by atoms with Crippen LogP contribution in [0.1, 0.15) is 19.0 Å². The quantitative estimate of drug-likeness (QED) is 0.763. The van der Waals surface area contributed by atoms with Crippen LogP contribution < -0.4 is 0 Å². The molecule has 0 saturated carbocycles. The Balaban J connectivity index is 2.11.